The van der Waals surface area contributed by atoms with Crippen LogP contribution in [0.3, 0.4) is 0 Å². The van der Waals surface area contributed by atoms with Crippen molar-refractivity contribution >= 4 is 41.2 Å². The number of amides is 4. The van der Waals surface area contributed by atoms with Crippen LogP contribution in [0.25, 0.3) is 6.08 Å². The second kappa shape index (κ2) is 10.7. The average molecular weight is 505 g/mol. The van der Waals surface area contributed by atoms with Gasteiger partial charge in [0.15, 0.2) is 0 Å². The third kappa shape index (κ3) is 5.42. The number of rotatable bonds is 7. The molecular weight excluding hydrogens is 480 g/mol. The third-order valence-electron chi connectivity index (χ3n) is 5.74. The minimum Gasteiger partial charge on any atom is -0.494 e. The van der Waals surface area contributed by atoms with Crippen molar-refractivity contribution in [3.63, 3.8) is 0 Å². The van der Waals surface area contributed by atoms with Crippen LogP contribution >= 0.6 is 11.6 Å². The zero-order chi connectivity index (χ0) is 25.8. The summed E-state index contributed by atoms with van der Waals surface area (Å²) in [6.07, 6.45) is 1.39. The molecule has 1 fully saturated rings. The van der Waals surface area contributed by atoms with Crippen LogP contribution in [0.4, 0.5) is 10.5 Å². The molecular formula is C28H25ClN2O5. The Morgan fingerprint density at radius 2 is 1.67 bits per heavy atom. The monoisotopic (exact) mass is 504 g/mol. The van der Waals surface area contributed by atoms with Gasteiger partial charge in [-0.05, 0) is 85.5 Å². The number of benzene rings is 3. The van der Waals surface area contributed by atoms with Crippen LogP contribution < -0.4 is 19.7 Å². The van der Waals surface area contributed by atoms with E-state index in [4.69, 9.17) is 21.1 Å². The first-order valence-electron chi connectivity index (χ1n) is 11.4. The van der Waals surface area contributed by atoms with Gasteiger partial charge in [-0.3, -0.25) is 14.9 Å². The fraction of sp³-hybridized carbons (Fsp3) is 0.179. The summed E-state index contributed by atoms with van der Waals surface area (Å²) >= 11 is 6.41. The van der Waals surface area contributed by atoms with Crippen LogP contribution in [-0.2, 0) is 16.2 Å². The first kappa shape index (κ1) is 25.0. The van der Waals surface area contributed by atoms with E-state index in [1.807, 2.05) is 26.0 Å². The fourth-order valence-corrected chi connectivity index (χ4v) is 3.94. The molecule has 3 aromatic carbocycles. The summed E-state index contributed by atoms with van der Waals surface area (Å²) in [5.74, 6) is -0.437. The molecule has 1 N–H and O–H groups in total. The summed E-state index contributed by atoms with van der Waals surface area (Å²) in [4.78, 5) is 38.9. The quantitative estimate of drug-likeness (QED) is 0.334. The van der Waals surface area contributed by atoms with Crippen molar-refractivity contribution in [1.29, 1.82) is 0 Å². The van der Waals surface area contributed by atoms with Crippen LogP contribution in [0.1, 0.15) is 29.2 Å². The molecule has 1 heterocycles. The largest absolute Gasteiger partial charge is 0.494 e. The second-order valence-corrected chi connectivity index (χ2v) is 8.69. The smallest absolute Gasteiger partial charge is 0.335 e. The normalized spacial score (nSPS) is 14.7. The van der Waals surface area contributed by atoms with Gasteiger partial charge in [0.1, 0.15) is 23.7 Å². The minimum atomic E-state index is -0.820. The number of nitrogens with zero attached hydrogens (tertiary/aromatic N) is 1. The number of anilines is 1. The Morgan fingerprint density at radius 3 is 2.33 bits per heavy atom. The Kier molecular flexibility index (Phi) is 7.41. The Balaban J connectivity index is 1.53. The lowest BCUT2D eigenvalue weighted by Crippen LogP contribution is -2.54. The standard InChI is InChI=1S/C28H25ClN2O5/c1-4-35-22-10-8-21(9-11-22)31-27(33)23(26(32)30-28(31)34)14-19-7-12-25(24(29)15-19)36-16-20-6-5-17(2)18(3)13-20/h5-15H,4,16H2,1-3H3,(H,30,32,34)/b23-14+. The molecule has 0 atom stereocenters. The van der Waals surface area contributed by atoms with Crippen molar-refractivity contribution < 1.29 is 23.9 Å². The topological polar surface area (TPSA) is 84.9 Å². The number of barbiturate groups is 1. The molecule has 0 aromatic heterocycles. The van der Waals surface area contributed by atoms with E-state index in [-0.39, 0.29) is 5.57 Å². The van der Waals surface area contributed by atoms with Crippen LogP contribution in [-0.4, -0.2) is 24.5 Å². The molecule has 0 radical (unpaired) electrons. The summed E-state index contributed by atoms with van der Waals surface area (Å²) in [5, 5.41) is 2.54. The maximum Gasteiger partial charge on any atom is 0.335 e. The predicted molar refractivity (Wildman–Crippen MR) is 138 cm³/mol. The Hall–Kier alpha value is -4.10. The number of carbonyl (C=O) groups is 3. The Bertz CT molecular complexity index is 1360. The fourth-order valence-electron chi connectivity index (χ4n) is 3.70. The van der Waals surface area contributed by atoms with E-state index in [9.17, 15) is 14.4 Å². The van der Waals surface area contributed by atoms with Crippen LogP contribution in [0.2, 0.25) is 5.02 Å². The van der Waals surface area contributed by atoms with Crippen LogP contribution in [0.5, 0.6) is 11.5 Å². The van der Waals surface area contributed by atoms with E-state index in [1.54, 1.807) is 42.5 Å². The van der Waals surface area contributed by atoms with Gasteiger partial charge in [-0.25, -0.2) is 9.69 Å². The molecule has 0 aliphatic carbocycles. The number of hydrogen-bond donors (Lipinski definition) is 1. The van der Waals surface area contributed by atoms with Crippen molar-refractivity contribution in [1.82, 2.24) is 5.32 Å². The van der Waals surface area contributed by atoms with Gasteiger partial charge in [0.05, 0.1) is 17.3 Å². The van der Waals surface area contributed by atoms with Gasteiger partial charge >= 0.3 is 6.03 Å². The maximum absolute atomic E-state index is 13.1. The van der Waals surface area contributed by atoms with Gasteiger partial charge in [-0.1, -0.05) is 35.9 Å². The van der Waals surface area contributed by atoms with E-state index < -0.39 is 17.8 Å². The lowest BCUT2D eigenvalue weighted by Gasteiger charge is -2.26. The number of hydrogen-bond acceptors (Lipinski definition) is 5. The van der Waals surface area contributed by atoms with Gasteiger partial charge in [0.2, 0.25) is 0 Å². The molecule has 1 aliphatic rings. The third-order valence-corrected chi connectivity index (χ3v) is 6.04. The highest BCUT2D eigenvalue weighted by Gasteiger charge is 2.36. The molecule has 0 unspecified atom stereocenters. The Labute approximate surface area is 214 Å². The minimum absolute atomic E-state index is 0.191. The number of ether oxygens (including phenoxy) is 2. The number of halogens is 1. The number of nitrogens with one attached hydrogen (secondary N) is 1. The first-order valence-corrected chi connectivity index (χ1v) is 11.8. The van der Waals surface area contributed by atoms with E-state index in [0.717, 1.165) is 10.5 Å². The molecule has 4 rings (SSSR count). The van der Waals surface area contributed by atoms with Crippen molar-refractivity contribution in [2.24, 2.45) is 0 Å². The van der Waals surface area contributed by atoms with Gasteiger partial charge in [-0.15, -0.1) is 0 Å². The molecule has 0 bridgehead atoms. The molecule has 0 spiro atoms. The van der Waals surface area contributed by atoms with Crippen LogP contribution in [0.15, 0.2) is 66.2 Å². The number of aryl methyl sites for hydroxylation is 2. The van der Waals surface area contributed by atoms with E-state index in [0.29, 0.717) is 41.0 Å². The molecule has 0 saturated carbocycles. The summed E-state index contributed by atoms with van der Waals surface area (Å²) in [6.45, 7) is 6.79. The summed E-state index contributed by atoms with van der Waals surface area (Å²) in [7, 11) is 0. The highest BCUT2D eigenvalue weighted by Crippen LogP contribution is 2.29. The number of urea groups is 1. The van der Waals surface area contributed by atoms with Crippen molar-refractivity contribution in [3.05, 3.63) is 93.5 Å². The van der Waals surface area contributed by atoms with Gasteiger partial charge in [0.25, 0.3) is 11.8 Å². The van der Waals surface area contributed by atoms with Crippen LogP contribution in [0, 0.1) is 13.8 Å². The molecule has 4 amide bonds. The molecule has 184 valence electrons. The molecule has 1 aliphatic heterocycles. The first-order chi connectivity index (χ1) is 17.3. The zero-order valence-corrected chi connectivity index (χ0v) is 20.9. The molecule has 7 nitrogen and oxygen atoms in total. The van der Waals surface area contributed by atoms with E-state index >= 15 is 0 Å². The lowest BCUT2D eigenvalue weighted by molar-refractivity contribution is -0.122. The Morgan fingerprint density at radius 1 is 0.917 bits per heavy atom. The summed E-state index contributed by atoms with van der Waals surface area (Å²) in [6, 6.07) is 16.7. The van der Waals surface area contributed by atoms with Gasteiger partial charge in [0, 0.05) is 0 Å². The summed E-state index contributed by atoms with van der Waals surface area (Å²) < 4.78 is 11.3. The molecule has 8 heteroatoms. The SMILES string of the molecule is CCOc1ccc(N2C(=O)NC(=O)/C(=C\c3ccc(OCc4ccc(C)c(C)c4)c(Cl)c3)C2=O)cc1. The second-order valence-electron chi connectivity index (χ2n) is 8.28. The summed E-state index contributed by atoms with van der Waals surface area (Å²) in [5.41, 5.74) is 4.04. The van der Waals surface area contributed by atoms with Gasteiger partial charge in [-0.2, -0.15) is 0 Å². The van der Waals surface area contributed by atoms with E-state index in [2.05, 4.69) is 18.3 Å². The van der Waals surface area contributed by atoms with Crippen molar-refractivity contribution in [3.8, 4) is 11.5 Å². The van der Waals surface area contributed by atoms with Crippen molar-refractivity contribution in [2.45, 2.75) is 27.4 Å². The van der Waals surface area contributed by atoms with E-state index in [1.165, 1.54) is 17.2 Å². The number of carbonyl (C=O) groups excluding carboxylic acids is 3. The number of imide groups is 2. The highest BCUT2D eigenvalue weighted by atomic mass is 35.5. The zero-order valence-electron chi connectivity index (χ0n) is 20.1. The maximum atomic E-state index is 13.1. The molecule has 36 heavy (non-hydrogen) atoms. The predicted octanol–water partition coefficient (Wildman–Crippen LogP) is 5.60. The molecule has 3 aromatic rings. The highest BCUT2D eigenvalue weighted by molar-refractivity contribution is 6.39. The van der Waals surface area contributed by atoms with Gasteiger partial charge < -0.3 is 9.47 Å². The van der Waals surface area contributed by atoms with Crippen molar-refractivity contribution in [2.75, 3.05) is 11.5 Å². The molecule has 1 saturated heterocycles. The average Bonchev–Trinajstić information content (AvgIpc) is 2.84. The lowest BCUT2D eigenvalue weighted by atomic mass is 10.1.